The van der Waals surface area contributed by atoms with Crippen molar-refractivity contribution in [3.8, 4) is 11.5 Å². The maximum absolute atomic E-state index is 9.03. The van der Waals surface area contributed by atoms with Gasteiger partial charge in [0.15, 0.2) is 11.5 Å². The molecule has 1 aromatic rings. The zero-order valence-electron chi connectivity index (χ0n) is 11.3. The third-order valence-corrected chi connectivity index (χ3v) is 2.77. The lowest BCUT2D eigenvalue weighted by Crippen LogP contribution is -2.14. The summed E-state index contributed by atoms with van der Waals surface area (Å²) in [5, 5.41) is 9.03. The molecule has 0 saturated carbocycles. The van der Waals surface area contributed by atoms with E-state index in [1.54, 1.807) is 7.11 Å². The summed E-state index contributed by atoms with van der Waals surface area (Å²) in [6.07, 6.45) is 1.00. The van der Waals surface area contributed by atoms with Gasteiger partial charge in [0, 0.05) is 0 Å². The highest BCUT2D eigenvalue weighted by atomic mass is 16.5. The number of aliphatic hydroxyl groups excluding tert-OH is 1. The number of rotatable bonds is 7. The van der Waals surface area contributed by atoms with E-state index in [9.17, 15) is 0 Å². The normalized spacial score (nSPS) is 12.6. The topological polar surface area (TPSA) is 64.7 Å². The van der Waals surface area contributed by atoms with Gasteiger partial charge >= 0.3 is 0 Å². The van der Waals surface area contributed by atoms with Crippen molar-refractivity contribution < 1.29 is 14.6 Å². The van der Waals surface area contributed by atoms with Crippen LogP contribution in [0.5, 0.6) is 11.5 Å². The van der Waals surface area contributed by atoms with Crippen LogP contribution in [0.3, 0.4) is 0 Å². The van der Waals surface area contributed by atoms with Crippen LogP contribution < -0.4 is 15.2 Å². The van der Waals surface area contributed by atoms with E-state index < -0.39 is 0 Å². The lowest BCUT2D eigenvalue weighted by atomic mass is 10.1. The van der Waals surface area contributed by atoms with E-state index in [0.29, 0.717) is 24.0 Å². The first-order valence-corrected chi connectivity index (χ1v) is 6.25. The quantitative estimate of drug-likeness (QED) is 0.781. The van der Waals surface area contributed by atoms with Crippen molar-refractivity contribution in [1.82, 2.24) is 0 Å². The van der Waals surface area contributed by atoms with E-state index in [2.05, 4.69) is 13.8 Å². The van der Waals surface area contributed by atoms with E-state index in [4.69, 9.17) is 20.3 Å². The molecule has 0 aliphatic heterocycles. The fourth-order valence-electron chi connectivity index (χ4n) is 1.54. The Morgan fingerprint density at radius 3 is 2.56 bits per heavy atom. The lowest BCUT2D eigenvalue weighted by molar-refractivity contribution is 0.264. The van der Waals surface area contributed by atoms with Crippen molar-refractivity contribution >= 4 is 0 Å². The Morgan fingerprint density at radius 1 is 1.28 bits per heavy atom. The third-order valence-electron chi connectivity index (χ3n) is 2.77. The molecule has 0 amide bonds. The number of nitrogens with two attached hydrogens (primary N) is 1. The number of hydrogen-bond acceptors (Lipinski definition) is 4. The summed E-state index contributed by atoms with van der Waals surface area (Å²) in [4.78, 5) is 0. The largest absolute Gasteiger partial charge is 0.493 e. The summed E-state index contributed by atoms with van der Waals surface area (Å²) in [5.74, 6) is 1.98. The number of ether oxygens (including phenoxy) is 2. The van der Waals surface area contributed by atoms with Crippen LogP contribution in [-0.4, -0.2) is 25.4 Å². The smallest absolute Gasteiger partial charge is 0.161 e. The van der Waals surface area contributed by atoms with Gasteiger partial charge in [0.2, 0.25) is 0 Å². The molecule has 4 nitrogen and oxygen atoms in total. The molecule has 0 aliphatic carbocycles. The highest BCUT2D eigenvalue weighted by Gasteiger charge is 2.10. The highest BCUT2D eigenvalue weighted by molar-refractivity contribution is 5.43. The van der Waals surface area contributed by atoms with Crippen molar-refractivity contribution in [2.24, 2.45) is 11.7 Å². The molecule has 1 aromatic carbocycles. The maximum Gasteiger partial charge on any atom is 0.161 e. The fraction of sp³-hybridized carbons (Fsp3) is 0.571. The number of methoxy groups -OCH3 is 1. The van der Waals surface area contributed by atoms with Crippen LogP contribution in [-0.2, 0) is 0 Å². The molecule has 1 rings (SSSR count). The standard InChI is InChI=1S/C14H23NO3/c1-10(2)6-7-18-13-5-4-11(12(15)9-16)8-14(13)17-3/h4-5,8,10,12,16H,6-7,9,15H2,1-3H3/t12-/m1/s1. The van der Waals surface area contributed by atoms with Crippen molar-refractivity contribution in [2.45, 2.75) is 26.3 Å². The minimum Gasteiger partial charge on any atom is -0.493 e. The second-order valence-electron chi connectivity index (χ2n) is 4.73. The van der Waals surface area contributed by atoms with Gasteiger partial charge < -0.3 is 20.3 Å². The Hall–Kier alpha value is -1.26. The van der Waals surface area contributed by atoms with Crippen LogP contribution in [0, 0.1) is 5.92 Å². The van der Waals surface area contributed by atoms with E-state index in [-0.39, 0.29) is 12.6 Å². The van der Waals surface area contributed by atoms with E-state index >= 15 is 0 Å². The molecule has 0 bridgehead atoms. The molecule has 0 spiro atoms. The van der Waals surface area contributed by atoms with Gasteiger partial charge in [-0.25, -0.2) is 0 Å². The molecule has 18 heavy (non-hydrogen) atoms. The van der Waals surface area contributed by atoms with Crippen molar-refractivity contribution in [3.63, 3.8) is 0 Å². The molecular weight excluding hydrogens is 230 g/mol. The second kappa shape index (κ2) is 7.24. The number of hydrogen-bond donors (Lipinski definition) is 2. The molecule has 1 atom stereocenters. The average molecular weight is 253 g/mol. The van der Waals surface area contributed by atoms with Gasteiger partial charge in [0.25, 0.3) is 0 Å². The van der Waals surface area contributed by atoms with E-state index in [1.165, 1.54) is 0 Å². The summed E-state index contributed by atoms with van der Waals surface area (Å²) in [6.45, 7) is 4.89. The van der Waals surface area contributed by atoms with Crippen LogP contribution in [0.2, 0.25) is 0 Å². The second-order valence-corrected chi connectivity index (χ2v) is 4.73. The van der Waals surface area contributed by atoms with Gasteiger partial charge in [-0.1, -0.05) is 19.9 Å². The Balaban J connectivity index is 2.74. The van der Waals surface area contributed by atoms with Crippen molar-refractivity contribution in [1.29, 1.82) is 0 Å². The molecule has 0 fully saturated rings. The molecule has 0 radical (unpaired) electrons. The van der Waals surface area contributed by atoms with Gasteiger partial charge in [-0.05, 0) is 30.0 Å². The monoisotopic (exact) mass is 253 g/mol. The lowest BCUT2D eigenvalue weighted by Gasteiger charge is -2.15. The third kappa shape index (κ3) is 4.20. The molecule has 102 valence electrons. The van der Waals surface area contributed by atoms with Gasteiger partial charge in [0.05, 0.1) is 26.4 Å². The highest BCUT2D eigenvalue weighted by Crippen LogP contribution is 2.30. The van der Waals surface area contributed by atoms with Crippen LogP contribution in [0.15, 0.2) is 18.2 Å². The van der Waals surface area contributed by atoms with Crippen LogP contribution in [0.1, 0.15) is 31.9 Å². The van der Waals surface area contributed by atoms with Crippen LogP contribution in [0.4, 0.5) is 0 Å². The Labute approximate surface area is 109 Å². The molecule has 0 saturated heterocycles. The maximum atomic E-state index is 9.03. The fourth-order valence-corrected chi connectivity index (χ4v) is 1.54. The minimum absolute atomic E-state index is 0.0866. The molecule has 0 aromatic heterocycles. The van der Waals surface area contributed by atoms with Crippen LogP contribution in [0.25, 0.3) is 0 Å². The zero-order chi connectivity index (χ0) is 13.5. The zero-order valence-corrected chi connectivity index (χ0v) is 11.3. The first-order valence-electron chi connectivity index (χ1n) is 6.25. The summed E-state index contributed by atoms with van der Waals surface area (Å²) in [5.41, 5.74) is 6.60. The minimum atomic E-state index is -0.386. The SMILES string of the molecule is COc1cc([C@H](N)CO)ccc1OCCC(C)C. The molecular formula is C14H23NO3. The predicted molar refractivity (Wildman–Crippen MR) is 72.0 cm³/mol. The van der Waals surface area contributed by atoms with Crippen molar-refractivity contribution in [3.05, 3.63) is 23.8 Å². The predicted octanol–water partition coefficient (Wildman–Crippen LogP) is 2.11. The first kappa shape index (κ1) is 14.8. The van der Waals surface area contributed by atoms with E-state index in [1.807, 2.05) is 18.2 Å². The van der Waals surface area contributed by atoms with Gasteiger partial charge in [-0.3, -0.25) is 0 Å². The summed E-state index contributed by atoms with van der Waals surface area (Å²) in [6, 6.07) is 5.12. The Kier molecular flexibility index (Phi) is 5.95. The number of aliphatic hydroxyl groups is 1. The molecule has 0 aliphatic rings. The first-order chi connectivity index (χ1) is 8.58. The molecule has 0 unspecified atom stereocenters. The van der Waals surface area contributed by atoms with Crippen LogP contribution >= 0.6 is 0 Å². The summed E-state index contributed by atoms with van der Waals surface area (Å²) < 4.78 is 11.0. The molecule has 4 heteroatoms. The summed E-state index contributed by atoms with van der Waals surface area (Å²) in [7, 11) is 1.60. The van der Waals surface area contributed by atoms with E-state index in [0.717, 1.165) is 12.0 Å². The average Bonchev–Trinajstić information content (AvgIpc) is 2.37. The van der Waals surface area contributed by atoms with Gasteiger partial charge in [-0.15, -0.1) is 0 Å². The number of benzene rings is 1. The summed E-state index contributed by atoms with van der Waals surface area (Å²) >= 11 is 0. The van der Waals surface area contributed by atoms with Gasteiger partial charge in [-0.2, -0.15) is 0 Å². The Morgan fingerprint density at radius 2 is 2.00 bits per heavy atom. The van der Waals surface area contributed by atoms with Gasteiger partial charge in [0.1, 0.15) is 0 Å². The molecule has 3 N–H and O–H groups in total. The molecule has 0 heterocycles. The Bertz CT molecular complexity index is 366. The van der Waals surface area contributed by atoms with Crippen molar-refractivity contribution in [2.75, 3.05) is 20.3 Å².